The Balaban J connectivity index is 2.62. The Kier molecular flexibility index (Phi) is 4.14. The van der Waals surface area contributed by atoms with Gasteiger partial charge in [0.05, 0.1) is 6.07 Å². The second-order valence-corrected chi connectivity index (χ2v) is 4.71. The Morgan fingerprint density at radius 2 is 2.13 bits per heavy atom. The number of hydrogen-bond donors (Lipinski definition) is 0. The molecule has 0 heterocycles. The van der Waals surface area contributed by atoms with Crippen LogP contribution in [0.1, 0.15) is 40.0 Å². The number of nitriles is 1. The Labute approximate surface area is 92.1 Å². The van der Waals surface area contributed by atoms with Gasteiger partial charge in [-0.1, -0.05) is 20.8 Å². The Morgan fingerprint density at radius 3 is 2.47 bits per heavy atom. The van der Waals surface area contributed by atoms with Crippen LogP contribution in [0.15, 0.2) is 0 Å². The highest BCUT2D eigenvalue weighted by Gasteiger charge is 2.35. The fourth-order valence-corrected chi connectivity index (χ4v) is 1.72. The number of nitrogens with zero attached hydrogens (tertiary/aromatic N) is 2. The summed E-state index contributed by atoms with van der Waals surface area (Å²) in [7, 11) is 0. The third kappa shape index (κ3) is 3.23. The molecule has 1 amide bonds. The van der Waals surface area contributed by atoms with Crippen molar-refractivity contribution in [3.63, 3.8) is 0 Å². The molecule has 1 aliphatic rings. The number of rotatable bonds is 5. The molecular formula is C12H20N2O. The van der Waals surface area contributed by atoms with Crippen LogP contribution >= 0.6 is 0 Å². The number of carbonyl (C=O) groups is 1. The topological polar surface area (TPSA) is 44.1 Å². The summed E-state index contributed by atoms with van der Waals surface area (Å²) in [6, 6.07) is 2.52. The van der Waals surface area contributed by atoms with Crippen LogP contribution in [-0.4, -0.2) is 23.4 Å². The van der Waals surface area contributed by atoms with Gasteiger partial charge in [0.1, 0.15) is 5.92 Å². The average Bonchev–Trinajstić information content (AvgIpc) is 2.99. The van der Waals surface area contributed by atoms with E-state index in [1.165, 1.54) is 0 Å². The van der Waals surface area contributed by atoms with Crippen molar-refractivity contribution in [2.75, 3.05) is 6.54 Å². The van der Waals surface area contributed by atoms with E-state index < -0.39 is 5.92 Å². The molecule has 1 rings (SSSR count). The Bertz CT molecular complexity index is 263. The minimum absolute atomic E-state index is 0.0381. The summed E-state index contributed by atoms with van der Waals surface area (Å²) in [4.78, 5) is 13.9. The highest BCUT2D eigenvalue weighted by Crippen LogP contribution is 2.29. The predicted octanol–water partition coefficient (Wildman–Crippen LogP) is 2.18. The molecule has 0 aromatic rings. The van der Waals surface area contributed by atoms with Crippen LogP contribution in [-0.2, 0) is 4.79 Å². The molecule has 84 valence electrons. The van der Waals surface area contributed by atoms with E-state index in [0.717, 1.165) is 19.4 Å². The van der Waals surface area contributed by atoms with Gasteiger partial charge in [-0.15, -0.1) is 0 Å². The van der Waals surface area contributed by atoms with Crippen LogP contribution < -0.4 is 0 Å². The molecule has 0 radical (unpaired) electrons. The van der Waals surface area contributed by atoms with E-state index in [9.17, 15) is 4.79 Å². The summed E-state index contributed by atoms with van der Waals surface area (Å²) in [6.07, 6.45) is 2.84. The van der Waals surface area contributed by atoms with Gasteiger partial charge in [0.15, 0.2) is 0 Å². The maximum absolute atomic E-state index is 12.0. The molecule has 1 unspecified atom stereocenters. The van der Waals surface area contributed by atoms with Gasteiger partial charge in [-0.25, -0.2) is 0 Å². The van der Waals surface area contributed by atoms with E-state index in [1.54, 1.807) is 0 Å². The van der Waals surface area contributed by atoms with Crippen LogP contribution in [0.4, 0.5) is 0 Å². The molecule has 3 nitrogen and oxygen atoms in total. The molecule has 1 fully saturated rings. The lowest BCUT2D eigenvalue weighted by Crippen LogP contribution is -2.39. The SMILES string of the molecule is CCC(C#N)C(=O)N(CC(C)C)C1CC1. The second kappa shape index (κ2) is 5.16. The Morgan fingerprint density at radius 1 is 1.53 bits per heavy atom. The summed E-state index contributed by atoms with van der Waals surface area (Å²) in [5, 5.41) is 8.88. The van der Waals surface area contributed by atoms with Crippen molar-refractivity contribution in [2.24, 2.45) is 11.8 Å². The van der Waals surface area contributed by atoms with E-state index in [2.05, 4.69) is 19.9 Å². The van der Waals surface area contributed by atoms with Crippen molar-refractivity contribution in [3.05, 3.63) is 0 Å². The summed E-state index contributed by atoms with van der Waals surface area (Å²) >= 11 is 0. The third-order valence-electron chi connectivity index (χ3n) is 2.69. The minimum Gasteiger partial charge on any atom is -0.338 e. The molecule has 0 spiro atoms. The normalized spacial score (nSPS) is 17.3. The van der Waals surface area contributed by atoms with E-state index in [-0.39, 0.29) is 5.91 Å². The fourth-order valence-electron chi connectivity index (χ4n) is 1.72. The summed E-state index contributed by atoms with van der Waals surface area (Å²) in [5.74, 6) is 0.0753. The molecule has 0 saturated heterocycles. The van der Waals surface area contributed by atoms with Crippen LogP contribution in [0.25, 0.3) is 0 Å². The smallest absolute Gasteiger partial charge is 0.240 e. The van der Waals surface area contributed by atoms with Crippen molar-refractivity contribution < 1.29 is 4.79 Å². The second-order valence-electron chi connectivity index (χ2n) is 4.71. The van der Waals surface area contributed by atoms with Gasteiger partial charge in [0, 0.05) is 12.6 Å². The molecule has 1 saturated carbocycles. The quantitative estimate of drug-likeness (QED) is 0.695. The summed E-state index contributed by atoms with van der Waals surface area (Å²) in [5.41, 5.74) is 0. The van der Waals surface area contributed by atoms with E-state index >= 15 is 0 Å². The molecular weight excluding hydrogens is 188 g/mol. The number of carbonyl (C=O) groups excluding carboxylic acids is 1. The first-order valence-corrected chi connectivity index (χ1v) is 5.80. The van der Waals surface area contributed by atoms with Gasteiger partial charge in [0.25, 0.3) is 0 Å². The zero-order valence-corrected chi connectivity index (χ0v) is 9.86. The molecule has 1 atom stereocenters. The third-order valence-corrected chi connectivity index (χ3v) is 2.69. The van der Waals surface area contributed by atoms with E-state index in [1.807, 2.05) is 11.8 Å². The van der Waals surface area contributed by atoms with E-state index in [4.69, 9.17) is 5.26 Å². The maximum Gasteiger partial charge on any atom is 0.240 e. The van der Waals surface area contributed by atoms with Gasteiger partial charge >= 0.3 is 0 Å². The molecule has 0 aromatic carbocycles. The molecule has 1 aliphatic carbocycles. The van der Waals surface area contributed by atoms with Gasteiger partial charge in [-0.3, -0.25) is 4.79 Å². The van der Waals surface area contributed by atoms with Crippen LogP contribution in [0.5, 0.6) is 0 Å². The van der Waals surface area contributed by atoms with Gasteiger partial charge in [0.2, 0.25) is 5.91 Å². The van der Waals surface area contributed by atoms with Crippen molar-refractivity contribution in [1.82, 2.24) is 4.90 Å². The first kappa shape index (κ1) is 12.0. The standard InChI is InChI=1S/C12H20N2O/c1-4-10(7-13)12(15)14(8-9(2)3)11-5-6-11/h9-11H,4-6,8H2,1-3H3. The summed E-state index contributed by atoms with van der Waals surface area (Å²) < 4.78 is 0. The average molecular weight is 208 g/mol. The molecule has 0 N–H and O–H groups in total. The monoisotopic (exact) mass is 208 g/mol. The molecule has 3 heteroatoms. The highest BCUT2D eigenvalue weighted by molar-refractivity contribution is 5.81. The summed E-state index contributed by atoms with van der Waals surface area (Å²) in [6.45, 7) is 6.90. The van der Waals surface area contributed by atoms with Gasteiger partial charge in [-0.05, 0) is 25.2 Å². The van der Waals surface area contributed by atoms with Crippen LogP contribution in [0.3, 0.4) is 0 Å². The van der Waals surface area contributed by atoms with Crippen molar-refractivity contribution in [3.8, 4) is 6.07 Å². The Hall–Kier alpha value is -1.04. The maximum atomic E-state index is 12.0. The number of amides is 1. The first-order valence-electron chi connectivity index (χ1n) is 5.80. The van der Waals surface area contributed by atoms with Crippen LogP contribution in [0.2, 0.25) is 0 Å². The van der Waals surface area contributed by atoms with E-state index in [0.29, 0.717) is 18.4 Å². The molecule has 0 bridgehead atoms. The molecule has 15 heavy (non-hydrogen) atoms. The van der Waals surface area contributed by atoms with Crippen molar-refractivity contribution >= 4 is 5.91 Å². The van der Waals surface area contributed by atoms with Crippen molar-refractivity contribution in [1.29, 1.82) is 5.26 Å². The first-order chi connectivity index (χ1) is 7.10. The largest absolute Gasteiger partial charge is 0.338 e. The highest BCUT2D eigenvalue weighted by atomic mass is 16.2. The fraction of sp³-hybridized carbons (Fsp3) is 0.833. The van der Waals surface area contributed by atoms with Crippen molar-refractivity contribution in [2.45, 2.75) is 46.1 Å². The lowest BCUT2D eigenvalue weighted by atomic mass is 10.1. The van der Waals surface area contributed by atoms with Gasteiger partial charge in [-0.2, -0.15) is 5.26 Å². The lowest BCUT2D eigenvalue weighted by molar-refractivity contribution is -0.135. The predicted molar refractivity (Wildman–Crippen MR) is 59.0 cm³/mol. The molecule has 0 aromatic heterocycles. The van der Waals surface area contributed by atoms with Crippen LogP contribution in [0, 0.1) is 23.2 Å². The molecule has 0 aliphatic heterocycles. The van der Waals surface area contributed by atoms with Gasteiger partial charge < -0.3 is 4.90 Å². The minimum atomic E-state index is -0.440. The lowest BCUT2D eigenvalue weighted by Gasteiger charge is -2.26. The zero-order valence-electron chi connectivity index (χ0n) is 9.86. The zero-order chi connectivity index (χ0) is 11.4. The number of hydrogen-bond acceptors (Lipinski definition) is 2.